The van der Waals surface area contributed by atoms with E-state index in [1.807, 2.05) is 0 Å². The number of halogens is 1. The molecule has 1 unspecified atom stereocenters. The maximum absolute atomic E-state index is 16.1. The normalized spacial score (nSPS) is 21.4. The molecule has 2 heterocycles. The molecule has 10 heteroatoms. The molecule has 2 N–H and O–H groups in total. The lowest BCUT2D eigenvalue weighted by atomic mass is 10.0. The Morgan fingerprint density at radius 1 is 0.972 bits per heavy atom. The van der Waals surface area contributed by atoms with Crippen molar-refractivity contribution in [2.45, 2.75) is 18.3 Å². The quantitative estimate of drug-likeness (QED) is 0.324. The zero-order chi connectivity index (χ0) is 25.2. The van der Waals surface area contributed by atoms with Crippen LogP contribution in [0.25, 0.3) is 11.2 Å². The van der Waals surface area contributed by atoms with Crippen LogP contribution in [-0.4, -0.2) is 50.3 Å². The van der Waals surface area contributed by atoms with Gasteiger partial charge in [0.25, 0.3) is 0 Å². The second kappa shape index (κ2) is 9.57. The average molecular weight is 487 g/mol. The molecule has 0 saturated heterocycles. The number of nitrogen functional groups attached to an aromatic ring is 1. The first-order valence-electron chi connectivity index (χ1n) is 11.2. The molecule has 1 fully saturated rings. The third-order valence-corrected chi connectivity index (χ3v) is 6.21. The van der Waals surface area contributed by atoms with Crippen LogP contribution >= 0.6 is 0 Å². The van der Waals surface area contributed by atoms with Crippen molar-refractivity contribution in [3.05, 3.63) is 96.6 Å². The van der Waals surface area contributed by atoms with E-state index in [4.69, 9.17) is 15.2 Å². The first kappa shape index (κ1) is 23.2. The number of aromatic nitrogens is 4. The monoisotopic (exact) mass is 487 g/mol. The van der Waals surface area contributed by atoms with Crippen molar-refractivity contribution in [2.24, 2.45) is 5.92 Å². The molecule has 0 bridgehead atoms. The average Bonchev–Trinajstić information content (AvgIpc) is 3.42. The lowest BCUT2D eigenvalue weighted by molar-refractivity contribution is -0.0130. The molecule has 1 aliphatic rings. The van der Waals surface area contributed by atoms with Crippen LogP contribution < -0.4 is 5.73 Å². The lowest BCUT2D eigenvalue weighted by Crippen LogP contribution is -2.33. The van der Waals surface area contributed by atoms with Gasteiger partial charge in [-0.3, -0.25) is 0 Å². The van der Waals surface area contributed by atoms with Gasteiger partial charge in [0, 0.05) is 0 Å². The smallest absolute Gasteiger partial charge is 0.338 e. The van der Waals surface area contributed by atoms with Gasteiger partial charge in [0.15, 0.2) is 17.6 Å². The van der Waals surface area contributed by atoms with Crippen LogP contribution in [0.2, 0.25) is 0 Å². The summed E-state index contributed by atoms with van der Waals surface area (Å²) in [5.41, 5.74) is 7.50. The Morgan fingerprint density at radius 3 is 2.28 bits per heavy atom. The highest BCUT2D eigenvalue weighted by atomic mass is 19.1. The molecule has 36 heavy (non-hydrogen) atoms. The van der Waals surface area contributed by atoms with Crippen molar-refractivity contribution in [2.75, 3.05) is 12.3 Å². The van der Waals surface area contributed by atoms with Gasteiger partial charge >= 0.3 is 11.9 Å². The maximum Gasteiger partial charge on any atom is 0.338 e. The van der Waals surface area contributed by atoms with E-state index in [0.717, 1.165) is 0 Å². The van der Waals surface area contributed by atoms with E-state index in [1.165, 1.54) is 17.2 Å². The van der Waals surface area contributed by atoms with Gasteiger partial charge in [0.1, 0.15) is 24.6 Å². The summed E-state index contributed by atoms with van der Waals surface area (Å²) in [6.07, 6.45) is -0.339. The number of hydrogen-bond acceptors (Lipinski definition) is 8. The summed E-state index contributed by atoms with van der Waals surface area (Å²) in [5.74, 6) is -1.94. The molecule has 4 aromatic rings. The van der Waals surface area contributed by atoms with Crippen molar-refractivity contribution < 1.29 is 23.5 Å². The van der Waals surface area contributed by atoms with E-state index < -0.39 is 36.2 Å². The third kappa shape index (κ3) is 4.17. The minimum atomic E-state index is -1.72. The van der Waals surface area contributed by atoms with E-state index in [0.29, 0.717) is 22.3 Å². The summed E-state index contributed by atoms with van der Waals surface area (Å²) >= 11 is 0. The molecule has 9 nitrogen and oxygen atoms in total. The van der Waals surface area contributed by atoms with Crippen LogP contribution in [0.3, 0.4) is 0 Å². The largest absolute Gasteiger partial charge is 0.461 e. The Morgan fingerprint density at radius 2 is 1.61 bits per heavy atom. The van der Waals surface area contributed by atoms with Crippen LogP contribution in [0.5, 0.6) is 0 Å². The summed E-state index contributed by atoms with van der Waals surface area (Å²) in [6, 6.07) is 15.7. The number of ether oxygens (including phenoxy) is 2. The maximum atomic E-state index is 16.1. The molecule has 2 aromatic carbocycles. The van der Waals surface area contributed by atoms with E-state index in [9.17, 15) is 9.59 Å². The summed E-state index contributed by atoms with van der Waals surface area (Å²) in [6.45, 7) is 3.85. The first-order valence-corrected chi connectivity index (χ1v) is 11.2. The van der Waals surface area contributed by atoms with Crippen LogP contribution in [0.15, 0.2) is 85.5 Å². The molecule has 2 aromatic heterocycles. The SMILES string of the molecule is C=C1[C@@H](n2cnc3c(N)ncnc32)[C@H](F)C(OC(=O)c2ccccc2)[C@H]1COC(=O)c1ccccc1. The molecule has 182 valence electrons. The Kier molecular flexibility index (Phi) is 6.16. The molecular weight excluding hydrogens is 465 g/mol. The molecule has 4 atom stereocenters. The number of benzene rings is 2. The minimum Gasteiger partial charge on any atom is -0.461 e. The molecule has 1 aliphatic carbocycles. The fourth-order valence-electron chi connectivity index (χ4n) is 4.38. The highest BCUT2D eigenvalue weighted by molar-refractivity contribution is 5.90. The molecular formula is C26H22FN5O4. The molecule has 5 rings (SSSR count). The van der Waals surface area contributed by atoms with Gasteiger partial charge < -0.3 is 19.8 Å². The van der Waals surface area contributed by atoms with Crippen molar-refractivity contribution >= 4 is 28.9 Å². The lowest BCUT2D eigenvalue weighted by Gasteiger charge is -2.21. The number of imidazole rings is 1. The number of hydrogen-bond donors (Lipinski definition) is 1. The van der Waals surface area contributed by atoms with Crippen molar-refractivity contribution in [1.82, 2.24) is 19.5 Å². The number of esters is 2. The number of rotatable bonds is 6. The van der Waals surface area contributed by atoms with Gasteiger partial charge in [0.2, 0.25) is 0 Å². The summed E-state index contributed by atoms with van der Waals surface area (Å²) in [7, 11) is 0. The molecule has 0 radical (unpaired) electrons. The summed E-state index contributed by atoms with van der Waals surface area (Å²) < 4.78 is 28.7. The van der Waals surface area contributed by atoms with Gasteiger partial charge in [-0.2, -0.15) is 0 Å². The number of carbonyl (C=O) groups is 2. The zero-order valence-corrected chi connectivity index (χ0v) is 19.0. The Labute approximate surface area is 205 Å². The van der Waals surface area contributed by atoms with Gasteiger partial charge in [-0.15, -0.1) is 0 Å². The number of alkyl halides is 1. The van der Waals surface area contributed by atoms with Crippen molar-refractivity contribution in [3.8, 4) is 0 Å². The van der Waals surface area contributed by atoms with Crippen molar-refractivity contribution in [3.63, 3.8) is 0 Å². The number of nitrogens with zero attached hydrogens (tertiary/aromatic N) is 4. The molecule has 1 saturated carbocycles. The first-order chi connectivity index (χ1) is 17.5. The van der Waals surface area contributed by atoms with E-state index >= 15 is 4.39 Å². The number of nitrogens with two attached hydrogens (primary N) is 1. The third-order valence-electron chi connectivity index (χ3n) is 6.21. The van der Waals surface area contributed by atoms with Crippen molar-refractivity contribution in [1.29, 1.82) is 0 Å². The number of carbonyl (C=O) groups excluding carboxylic acids is 2. The second-order valence-electron chi connectivity index (χ2n) is 8.35. The van der Waals surface area contributed by atoms with Gasteiger partial charge in [-0.05, 0) is 29.8 Å². The van der Waals surface area contributed by atoms with E-state index in [1.54, 1.807) is 60.7 Å². The molecule has 0 aliphatic heterocycles. The van der Waals surface area contributed by atoms with E-state index in [-0.39, 0.29) is 18.0 Å². The topological polar surface area (TPSA) is 122 Å². The molecule has 0 amide bonds. The van der Waals surface area contributed by atoms with Gasteiger partial charge in [-0.25, -0.2) is 28.9 Å². The minimum absolute atomic E-state index is 0.151. The standard InChI is InChI=1S/C26H22FN5O4/c1-15-18(12-35-25(33)16-8-4-2-5-9-16)22(36-26(34)17-10-6-3-7-11-17)19(27)21(15)32-14-31-20-23(28)29-13-30-24(20)32/h2-11,13-14,18-19,21-22H,1,12H2,(H2,28,29,30)/t18-,19-,21+,22?/m0/s1. The summed E-state index contributed by atoms with van der Waals surface area (Å²) in [5, 5.41) is 0. The van der Waals surface area contributed by atoms with Crippen LogP contribution in [0, 0.1) is 5.92 Å². The summed E-state index contributed by atoms with van der Waals surface area (Å²) in [4.78, 5) is 37.7. The van der Waals surface area contributed by atoms with Crippen LogP contribution in [0.4, 0.5) is 10.2 Å². The predicted molar refractivity (Wildman–Crippen MR) is 129 cm³/mol. The highest BCUT2D eigenvalue weighted by Crippen LogP contribution is 2.44. The Balaban J connectivity index is 1.46. The van der Waals surface area contributed by atoms with Gasteiger partial charge in [0.05, 0.1) is 29.4 Å². The fourth-order valence-corrected chi connectivity index (χ4v) is 4.38. The number of anilines is 1. The van der Waals surface area contributed by atoms with Crippen LogP contribution in [-0.2, 0) is 9.47 Å². The van der Waals surface area contributed by atoms with E-state index in [2.05, 4.69) is 21.5 Å². The Bertz CT molecular complexity index is 1430. The second-order valence-corrected chi connectivity index (χ2v) is 8.35. The highest BCUT2D eigenvalue weighted by Gasteiger charge is 2.51. The fraction of sp³-hybridized carbons (Fsp3) is 0.192. The zero-order valence-electron chi connectivity index (χ0n) is 19.0. The Hall–Kier alpha value is -4.60. The number of fused-ring (bicyclic) bond motifs is 1. The predicted octanol–water partition coefficient (Wildman–Crippen LogP) is 3.56. The van der Waals surface area contributed by atoms with Crippen LogP contribution in [0.1, 0.15) is 26.8 Å². The van der Waals surface area contributed by atoms with Gasteiger partial charge in [-0.1, -0.05) is 43.0 Å². The molecule has 0 spiro atoms.